The molecule has 0 aromatic carbocycles. The summed E-state index contributed by atoms with van der Waals surface area (Å²) in [5.41, 5.74) is 8.46. The summed E-state index contributed by atoms with van der Waals surface area (Å²) in [6, 6.07) is 0. The van der Waals surface area contributed by atoms with Gasteiger partial charge in [0.1, 0.15) is 5.83 Å². The van der Waals surface area contributed by atoms with E-state index in [1.807, 2.05) is 27.7 Å². The fraction of sp³-hybridized carbons (Fsp3) is 0.516. The quantitative estimate of drug-likeness (QED) is 0.205. The highest BCUT2D eigenvalue weighted by molar-refractivity contribution is 6.31. The van der Waals surface area contributed by atoms with Crippen molar-refractivity contribution < 1.29 is 9.18 Å². The third kappa shape index (κ3) is 12.5. The topological polar surface area (TPSA) is 17.1 Å². The maximum absolute atomic E-state index is 13.5. The minimum Gasteiger partial charge on any atom is -0.294 e. The minimum atomic E-state index is -0.561. The monoisotopic (exact) mass is 490 g/mol. The van der Waals surface area contributed by atoms with Crippen molar-refractivity contribution in [2.75, 3.05) is 0 Å². The van der Waals surface area contributed by atoms with E-state index in [1.54, 1.807) is 19.4 Å². The average molecular weight is 491 g/mol. The fourth-order valence-corrected chi connectivity index (χ4v) is 3.47. The first-order valence-electron chi connectivity index (χ1n) is 12.3. The molecule has 0 radical (unpaired) electrons. The molecule has 1 nitrogen and oxygen atoms in total. The molecule has 0 saturated carbocycles. The highest BCUT2D eigenvalue weighted by atomic mass is 35.5. The number of hydrogen-bond donors (Lipinski definition) is 0. The first kappa shape index (κ1) is 34.2. The van der Waals surface area contributed by atoms with Crippen LogP contribution in [0.25, 0.3) is 0 Å². The van der Waals surface area contributed by atoms with Gasteiger partial charge in [0.15, 0.2) is 5.78 Å². The lowest BCUT2D eigenvalue weighted by molar-refractivity contribution is -0.115. The van der Waals surface area contributed by atoms with Gasteiger partial charge < -0.3 is 0 Å². The summed E-state index contributed by atoms with van der Waals surface area (Å²) in [6.07, 6.45) is 8.29. The molecule has 0 aliphatic heterocycles. The summed E-state index contributed by atoms with van der Waals surface area (Å²) >= 11 is 5.64. The summed E-state index contributed by atoms with van der Waals surface area (Å²) < 4.78 is 13.5. The molecule has 0 spiro atoms. The molecular weight excluding hydrogens is 443 g/mol. The summed E-state index contributed by atoms with van der Waals surface area (Å²) in [5.74, 6) is 0.627. The number of carbonyl (C=O) groups is 1. The van der Waals surface area contributed by atoms with E-state index in [9.17, 15) is 9.18 Å². The summed E-state index contributed by atoms with van der Waals surface area (Å²) in [6.45, 7) is 28.3. The molecule has 1 aliphatic carbocycles. The number of ketones is 1. The Labute approximate surface area is 214 Å². The van der Waals surface area contributed by atoms with Crippen LogP contribution < -0.4 is 0 Å². The standard InChI is InChI=1S/C14H22.C13H18ClFO.C4H8/c1-9(2)14-12(5)10(3)7-8-11(4)13(14)6;1-5-9(4)10(13(16)7-3)8-12(15)11(14)6-2;1-4(2)3/h7-9,12H,1-6H3;6,8H,5,7H2,1-4H3;1H2,2-3H3/b;10-9-,11-6+,12-8+;. The van der Waals surface area contributed by atoms with Crippen molar-refractivity contribution in [3.05, 3.63) is 80.8 Å². The van der Waals surface area contributed by atoms with Crippen LogP contribution in [-0.4, -0.2) is 5.78 Å². The second-order valence-electron chi connectivity index (χ2n) is 9.38. The van der Waals surface area contributed by atoms with Crippen molar-refractivity contribution in [2.45, 2.75) is 95.9 Å². The van der Waals surface area contributed by atoms with Gasteiger partial charge in [0.2, 0.25) is 0 Å². The van der Waals surface area contributed by atoms with Crippen molar-refractivity contribution in [1.29, 1.82) is 0 Å². The van der Waals surface area contributed by atoms with Crippen LogP contribution in [0.3, 0.4) is 0 Å². The van der Waals surface area contributed by atoms with E-state index in [1.165, 1.54) is 34.4 Å². The Morgan fingerprint density at radius 1 is 1.12 bits per heavy atom. The Hall–Kier alpha value is -1.93. The Balaban J connectivity index is 0. The van der Waals surface area contributed by atoms with E-state index in [0.717, 1.165) is 12.0 Å². The number of Topliss-reactive ketones (excluding diaryl/α,β-unsaturated/α-hetero) is 1. The van der Waals surface area contributed by atoms with Crippen molar-refractivity contribution in [3.63, 3.8) is 0 Å². The molecule has 0 bridgehead atoms. The average Bonchev–Trinajstić information content (AvgIpc) is 2.87. The lowest BCUT2D eigenvalue weighted by Crippen LogP contribution is -2.09. The predicted molar refractivity (Wildman–Crippen MR) is 152 cm³/mol. The zero-order valence-electron chi connectivity index (χ0n) is 23.7. The zero-order valence-corrected chi connectivity index (χ0v) is 24.5. The Morgan fingerprint density at radius 2 is 1.62 bits per heavy atom. The largest absolute Gasteiger partial charge is 0.294 e. The van der Waals surface area contributed by atoms with Gasteiger partial charge in [-0.1, -0.05) is 86.7 Å². The van der Waals surface area contributed by atoms with Crippen molar-refractivity contribution >= 4 is 17.4 Å². The molecule has 1 rings (SSSR count). The van der Waals surface area contributed by atoms with Gasteiger partial charge >= 0.3 is 0 Å². The van der Waals surface area contributed by atoms with Crippen LogP contribution in [0.5, 0.6) is 0 Å². The van der Waals surface area contributed by atoms with Crippen LogP contribution in [-0.2, 0) is 4.79 Å². The van der Waals surface area contributed by atoms with Crippen LogP contribution in [0.15, 0.2) is 80.8 Å². The maximum Gasteiger partial charge on any atom is 0.162 e. The fourth-order valence-electron chi connectivity index (χ4n) is 3.41. The minimum absolute atomic E-state index is 0.0327. The van der Waals surface area contributed by atoms with Gasteiger partial charge in [-0.25, -0.2) is 4.39 Å². The first-order chi connectivity index (χ1) is 15.7. The summed E-state index contributed by atoms with van der Waals surface area (Å²) in [7, 11) is 0. The van der Waals surface area contributed by atoms with Gasteiger partial charge in [-0.15, -0.1) is 6.58 Å². The first-order valence-corrected chi connectivity index (χ1v) is 12.6. The number of hydrogen-bond acceptors (Lipinski definition) is 1. The number of allylic oxidation sites excluding steroid dienone is 13. The number of carbonyl (C=O) groups excluding carboxylic acids is 1. The van der Waals surface area contributed by atoms with Crippen LogP contribution in [0.1, 0.15) is 95.9 Å². The lowest BCUT2D eigenvalue weighted by atomic mass is 9.83. The van der Waals surface area contributed by atoms with Gasteiger partial charge in [-0.05, 0) is 83.9 Å². The van der Waals surface area contributed by atoms with Crippen LogP contribution >= 0.6 is 11.6 Å². The molecule has 1 atom stereocenters. The number of halogens is 2. The van der Waals surface area contributed by atoms with Gasteiger partial charge in [-0.3, -0.25) is 4.79 Å². The van der Waals surface area contributed by atoms with Gasteiger partial charge in [0.05, 0.1) is 5.03 Å². The van der Waals surface area contributed by atoms with Crippen LogP contribution in [0.2, 0.25) is 0 Å². The normalized spacial score (nSPS) is 17.4. The molecule has 0 heterocycles. The van der Waals surface area contributed by atoms with Gasteiger partial charge in [0, 0.05) is 12.0 Å². The van der Waals surface area contributed by atoms with Crippen LogP contribution in [0, 0.1) is 11.8 Å². The highest BCUT2D eigenvalue weighted by Crippen LogP contribution is 2.33. The smallest absolute Gasteiger partial charge is 0.162 e. The zero-order chi connectivity index (χ0) is 27.2. The molecule has 0 amide bonds. The second kappa shape index (κ2) is 17.5. The molecule has 34 heavy (non-hydrogen) atoms. The SMILES string of the molecule is C=C(C)C.CC1=CC=C(C)C(C)C(C(C)C)=C1C.C\C=C(Cl)/C(F)=C\C(C(=O)CC)=C(/C)CC. The van der Waals surface area contributed by atoms with Gasteiger partial charge in [-0.2, -0.15) is 0 Å². The Kier molecular flexibility index (Phi) is 17.6. The molecule has 0 fully saturated rings. The van der Waals surface area contributed by atoms with Crippen molar-refractivity contribution in [1.82, 2.24) is 0 Å². The molecule has 3 heteroatoms. The third-order valence-electron chi connectivity index (χ3n) is 5.76. The molecule has 1 aliphatic rings. The van der Waals surface area contributed by atoms with Crippen molar-refractivity contribution in [3.8, 4) is 0 Å². The number of rotatable bonds is 6. The second-order valence-corrected chi connectivity index (χ2v) is 9.78. The summed E-state index contributed by atoms with van der Waals surface area (Å²) in [4.78, 5) is 11.6. The van der Waals surface area contributed by atoms with E-state index >= 15 is 0 Å². The van der Waals surface area contributed by atoms with Crippen molar-refractivity contribution in [2.24, 2.45) is 11.8 Å². The van der Waals surface area contributed by atoms with E-state index in [-0.39, 0.29) is 10.8 Å². The van der Waals surface area contributed by atoms with E-state index in [4.69, 9.17) is 11.6 Å². The molecule has 0 N–H and O–H groups in total. The molecule has 0 aromatic rings. The molecular formula is C31H48ClFO. The third-order valence-corrected chi connectivity index (χ3v) is 6.16. The van der Waals surface area contributed by atoms with E-state index < -0.39 is 5.83 Å². The Morgan fingerprint density at radius 3 is 2.00 bits per heavy atom. The predicted octanol–water partition coefficient (Wildman–Crippen LogP) is 10.8. The summed E-state index contributed by atoms with van der Waals surface area (Å²) in [5, 5.41) is 0.0327. The van der Waals surface area contributed by atoms with Gasteiger partial charge in [0.25, 0.3) is 0 Å². The van der Waals surface area contributed by atoms with E-state index in [2.05, 4.69) is 60.3 Å². The Bertz CT molecular complexity index is 884. The molecule has 0 aromatic heterocycles. The maximum atomic E-state index is 13.5. The molecule has 0 saturated heterocycles. The molecule has 1 unspecified atom stereocenters. The van der Waals surface area contributed by atoms with E-state index in [0.29, 0.717) is 23.8 Å². The highest BCUT2D eigenvalue weighted by Gasteiger charge is 2.19. The lowest BCUT2D eigenvalue weighted by Gasteiger charge is -2.22. The van der Waals surface area contributed by atoms with Crippen LogP contribution in [0.4, 0.5) is 4.39 Å². The molecule has 192 valence electrons.